The maximum Gasteiger partial charge on any atom is 0.266 e. The molecule has 0 aliphatic rings. The topological polar surface area (TPSA) is 52.0 Å². The molecule has 1 aromatic rings. The predicted molar refractivity (Wildman–Crippen MR) is 64.7 cm³/mol. The van der Waals surface area contributed by atoms with E-state index in [-0.39, 0.29) is 16.1 Å². The molecule has 0 unspecified atom stereocenters. The number of halogens is 2. The molecule has 0 aliphatic carbocycles. The first-order valence-corrected chi connectivity index (χ1v) is 7.69. The molecule has 92 valence electrons. The van der Waals surface area contributed by atoms with Gasteiger partial charge in [0, 0.05) is 16.7 Å². The van der Waals surface area contributed by atoms with Crippen LogP contribution in [0.4, 0.5) is 0 Å². The minimum atomic E-state index is -3.84. The summed E-state index contributed by atoms with van der Waals surface area (Å²) in [6, 6.07) is -0.00438. The van der Waals surface area contributed by atoms with E-state index in [9.17, 15) is 8.42 Å². The number of hydrogen-bond donors (Lipinski definition) is 0. The Morgan fingerprint density at radius 1 is 1.44 bits per heavy atom. The van der Waals surface area contributed by atoms with Crippen LogP contribution < -0.4 is 0 Å². The quantitative estimate of drug-likeness (QED) is 0.799. The molecule has 0 radical (unpaired) electrons. The van der Waals surface area contributed by atoms with Crippen LogP contribution in [0.5, 0.6) is 0 Å². The number of nitrogens with zero attached hydrogens (tertiary/aromatic N) is 2. The highest BCUT2D eigenvalue weighted by atomic mass is 35.7. The molecular weight excluding hydrogens is 271 g/mol. The van der Waals surface area contributed by atoms with Crippen molar-refractivity contribution < 1.29 is 8.42 Å². The van der Waals surface area contributed by atoms with E-state index in [0.717, 1.165) is 6.42 Å². The minimum absolute atomic E-state index is 0.00438. The van der Waals surface area contributed by atoms with Crippen molar-refractivity contribution >= 4 is 31.3 Å². The second kappa shape index (κ2) is 4.94. The SMILES string of the molecule is CCCc1nn(C(C)C)c(Cl)c1S(=O)(=O)Cl. The highest BCUT2D eigenvalue weighted by Gasteiger charge is 2.26. The van der Waals surface area contributed by atoms with Crippen molar-refractivity contribution in [3.05, 3.63) is 10.8 Å². The molecule has 0 fully saturated rings. The summed E-state index contributed by atoms with van der Waals surface area (Å²) < 4.78 is 24.3. The van der Waals surface area contributed by atoms with E-state index in [1.807, 2.05) is 20.8 Å². The van der Waals surface area contributed by atoms with Gasteiger partial charge in [-0.2, -0.15) is 5.10 Å². The van der Waals surface area contributed by atoms with Gasteiger partial charge in [-0.15, -0.1) is 0 Å². The first-order valence-electron chi connectivity index (χ1n) is 5.00. The van der Waals surface area contributed by atoms with Crippen molar-refractivity contribution in [3.8, 4) is 0 Å². The fourth-order valence-electron chi connectivity index (χ4n) is 1.43. The Labute approximate surface area is 105 Å². The number of aryl methyl sites for hydroxylation is 1. The lowest BCUT2D eigenvalue weighted by atomic mass is 10.2. The molecule has 0 amide bonds. The van der Waals surface area contributed by atoms with Gasteiger partial charge in [0.2, 0.25) is 0 Å². The molecule has 0 saturated heterocycles. The van der Waals surface area contributed by atoms with Crippen LogP contribution in [0.25, 0.3) is 0 Å². The van der Waals surface area contributed by atoms with Gasteiger partial charge in [-0.1, -0.05) is 24.9 Å². The molecule has 0 bridgehead atoms. The molecule has 1 rings (SSSR count). The van der Waals surface area contributed by atoms with Crippen LogP contribution in [0.15, 0.2) is 4.90 Å². The summed E-state index contributed by atoms with van der Waals surface area (Å²) in [5.41, 5.74) is 0.441. The lowest BCUT2D eigenvalue weighted by Crippen LogP contribution is -2.03. The highest BCUT2D eigenvalue weighted by molar-refractivity contribution is 8.13. The van der Waals surface area contributed by atoms with E-state index in [2.05, 4.69) is 5.10 Å². The molecule has 0 aliphatic heterocycles. The second-order valence-electron chi connectivity index (χ2n) is 3.79. The van der Waals surface area contributed by atoms with Crippen LogP contribution >= 0.6 is 22.3 Å². The standard InChI is InChI=1S/C9H14Cl2N2O2S/c1-4-5-7-8(16(11,14)15)9(10)13(12-7)6(2)3/h6H,4-5H2,1-3H3. The van der Waals surface area contributed by atoms with Gasteiger partial charge in [-0.05, 0) is 20.3 Å². The van der Waals surface area contributed by atoms with Gasteiger partial charge in [0.05, 0.1) is 5.69 Å². The van der Waals surface area contributed by atoms with E-state index >= 15 is 0 Å². The summed E-state index contributed by atoms with van der Waals surface area (Å²) in [5.74, 6) is 0. The summed E-state index contributed by atoms with van der Waals surface area (Å²) in [6.45, 7) is 5.69. The summed E-state index contributed by atoms with van der Waals surface area (Å²) in [6.07, 6.45) is 1.32. The molecule has 1 heterocycles. The maximum atomic E-state index is 11.4. The van der Waals surface area contributed by atoms with Crippen LogP contribution in [0.1, 0.15) is 38.9 Å². The Morgan fingerprint density at radius 2 is 2.00 bits per heavy atom. The molecule has 4 nitrogen and oxygen atoms in total. The molecule has 0 spiro atoms. The Balaban J connectivity index is 3.44. The molecule has 0 saturated carbocycles. The van der Waals surface area contributed by atoms with Crippen molar-refractivity contribution in [1.82, 2.24) is 9.78 Å². The van der Waals surface area contributed by atoms with E-state index in [0.29, 0.717) is 12.1 Å². The molecule has 16 heavy (non-hydrogen) atoms. The monoisotopic (exact) mass is 284 g/mol. The summed E-state index contributed by atoms with van der Waals surface area (Å²) in [7, 11) is 1.52. The van der Waals surface area contributed by atoms with Crippen LogP contribution in [0.3, 0.4) is 0 Å². The van der Waals surface area contributed by atoms with Crippen molar-refractivity contribution in [3.63, 3.8) is 0 Å². The van der Waals surface area contributed by atoms with Gasteiger partial charge in [-0.25, -0.2) is 13.1 Å². The molecule has 1 aromatic heterocycles. The summed E-state index contributed by atoms with van der Waals surface area (Å²) >= 11 is 5.98. The maximum absolute atomic E-state index is 11.4. The molecule has 0 atom stereocenters. The normalized spacial score (nSPS) is 12.4. The van der Waals surface area contributed by atoms with Gasteiger partial charge >= 0.3 is 0 Å². The highest BCUT2D eigenvalue weighted by Crippen LogP contribution is 2.30. The number of aromatic nitrogens is 2. The summed E-state index contributed by atoms with van der Waals surface area (Å²) in [5, 5.41) is 4.28. The van der Waals surface area contributed by atoms with E-state index < -0.39 is 9.05 Å². The van der Waals surface area contributed by atoms with E-state index in [1.54, 1.807) is 0 Å². The fourth-order valence-corrected chi connectivity index (χ4v) is 3.40. The number of hydrogen-bond acceptors (Lipinski definition) is 3. The third-order valence-corrected chi connectivity index (χ3v) is 3.95. The third-order valence-electron chi connectivity index (χ3n) is 2.10. The largest absolute Gasteiger partial charge is 0.266 e. The third kappa shape index (κ3) is 2.70. The van der Waals surface area contributed by atoms with Gasteiger partial charge in [0.1, 0.15) is 10.0 Å². The van der Waals surface area contributed by atoms with Gasteiger partial charge < -0.3 is 0 Å². The minimum Gasteiger partial charge on any atom is -0.250 e. The molecule has 0 N–H and O–H groups in total. The van der Waals surface area contributed by atoms with Crippen LogP contribution in [-0.2, 0) is 15.5 Å². The zero-order valence-corrected chi connectivity index (χ0v) is 11.7. The average molecular weight is 285 g/mol. The van der Waals surface area contributed by atoms with Crippen molar-refractivity contribution in [2.45, 2.75) is 44.6 Å². The Kier molecular flexibility index (Phi) is 4.26. The summed E-state index contributed by atoms with van der Waals surface area (Å²) in [4.78, 5) is -0.0496. The Morgan fingerprint density at radius 3 is 2.38 bits per heavy atom. The van der Waals surface area contributed by atoms with Crippen LogP contribution in [-0.4, -0.2) is 18.2 Å². The molecular formula is C9H14Cl2N2O2S. The van der Waals surface area contributed by atoms with Crippen molar-refractivity contribution in [2.75, 3.05) is 0 Å². The predicted octanol–water partition coefficient (Wildman–Crippen LogP) is 3.00. The van der Waals surface area contributed by atoms with Crippen molar-refractivity contribution in [2.24, 2.45) is 0 Å². The van der Waals surface area contributed by atoms with Gasteiger partial charge in [-0.3, -0.25) is 0 Å². The Hall–Kier alpha value is -0.260. The fraction of sp³-hybridized carbons (Fsp3) is 0.667. The van der Waals surface area contributed by atoms with E-state index in [4.69, 9.17) is 22.3 Å². The zero-order valence-electron chi connectivity index (χ0n) is 9.37. The lowest BCUT2D eigenvalue weighted by molar-refractivity contribution is 0.526. The number of rotatable bonds is 4. The average Bonchev–Trinajstić information content (AvgIpc) is 2.42. The van der Waals surface area contributed by atoms with Gasteiger partial charge in [0.15, 0.2) is 0 Å². The zero-order chi connectivity index (χ0) is 12.5. The smallest absolute Gasteiger partial charge is 0.250 e. The second-order valence-corrected chi connectivity index (χ2v) is 6.65. The van der Waals surface area contributed by atoms with E-state index in [1.165, 1.54) is 4.68 Å². The van der Waals surface area contributed by atoms with Crippen molar-refractivity contribution in [1.29, 1.82) is 0 Å². The molecule has 0 aromatic carbocycles. The molecule has 7 heteroatoms. The lowest BCUT2D eigenvalue weighted by Gasteiger charge is -2.05. The van der Waals surface area contributed by atoms with Crippen LogP contribution in [0.2, 0.25) is 5.15 Å². The Bertz CT molecular complexity index is 480. The van der Waals surface area contributed by atoms with Gasteiger partial charge in [0.25, 0.3) is 9.05 Å². The first-order chi connectivity index (χ1) is 7.29. The van der Waals surface area contributed by atoms with Crippen LogP contribution in [0, 0.1) is 0 Å². The first kappa shape index (κ1) is 13.8.